The summed E-state index contributed by atoms with van der Waals surface area (Å²) in [5.41, 5.74) is 5.01. The van der Waals surface area contributed by atoms with Crippen molar-refractivity contribution in [3.05, 3.63) is 46.8 Å². The summed E-state index contributed by atoms with van der Waals surface area (Å²) in [7, 11) is 0. The number of rotatable bonds is 5. The van der Waals surface area contributed by atoms with Gasteiger partial charge in [-0.3, -0.25) is 4.79 Å². The number of amides is 1. The molecule has 2 heterocycles. The van der Waals surface area contributed by atoms with Gasteiger partial charge in [-0.2, -0.15) is 5.10 Å². The van der Waals surface area contributed by atoms with E-state index < -0.39 is 0 Å². The third kappa shape index (κ3) is 3.54. The van der Waals surface area contributed by atoms with Crippen LogP contribution in [0.1, 0.15) is 48.1 Å². The van der Waals surface area contributed by atoms with Gasteiger partial charge in [0.25, 0.3) is 5.91 Å². The first kappa shape index (κ1) is 18.6. The highest BCUT2D eigenvalue weighted by Crippen LogP contribution is 2.23. The summed E-state index contributed by atoms with van der Waals surface area (Å²) in [6.07, 6.45) is 1.56. The second kappa shape index (κ2) is 8.04. The minimum atomic E-state index is 0.160. The number of hydrogen-bond donors (Lipinski definition) is 1. The largest absolute Gasteiger partial charge is 0.332 e. The standard InChI is InChI=1S/C21H30N4O/c1-5-18-20(21(26)24-13-11-23(7-3)12-14-24)19(6-2)25(22-18)17-10-8-9-16(4)15-17/h8-10,15H,5-7,11-14H2,1-4H3/p+1. The lowest BCUT2D eigenvalue weighted by Gasteiger charge is -2.31. The molecule has 1 aliphatic heterocycles. The molecule has 0 atom stereocenters. The predicted molar refractivity (Wildman–Crippen MR) is 104 cm³/mol. The van der Waals surface area contributed by atoms with E-state index in [0.29, 0.717) is 0 Å². The molecule has 26 heavy (non-hydrogen) atoms. The molecule has 1 fully saturated rings. The molecule has 1 aromatic carbocycles. The minimum Gasteiger partial charge on any atom is -0.332 e. The van der Waals surface area contributed by atoms with E-state index in [1.165, 1.54) is 5.56 Å². The predicted octanol–water partition coefficient (Wildman–Crippen LogP) is 1.67. The van der Waals surface area contributed by atoms with Crippen molar-refractivity contribution in [1.29, 1.82) is 0 Å². The Kier molecular flexibility index (Phi) is 5.77. The second-order valence-corrected chi connectivity index (χ2v) is 7.12. The number of nitrogens with one attached hydrogen (secondary N) is 1. The molecular weight excluding hydrogens is 324 g/mol. The number of carbonyl (C=O) groups excluding carboxylic acids is 1. The highest BCUT2D eigenvalue weighted by Gasteiger charge is 2.29. The Morgan fingerprint density at radius 1 is 1.15 bits per heavy atom. The highest BCUT2D eigenvalue weighted by molar-refractivity contribution is 5.96. The van der Waals surface area contributed by atoms with Gasteiger partial charge in [0.1, 0.15) is 0 Å². The SMILES string of the molecule is CCc1nn(-c2cccc(C)c2)c(CC)c1C(=O)N1CC[NH+](CC)CC1. The average Bonchev–Trinajstić information content (AvgIpc) is 3.06. The van der Waals surface area contributed by atoms with Crippen molar-refractivity contribution in [2.24, 2.45) is 0 Å². The molecule has 0 unspecified atom stereocenters. The van der Waals surface area contributed by atoms with Gasteiger partial charge in [0, 0.05) is 0 Å². The Balaban J connectivity index is 1.97. The Morgan fingerprint density at radius 3 is 2.46 bits per heavy atom. The monoisotopic (exact) mass is 355 g/mol. The Hall–Kier alpha value is -2.14. The van der Waals surface area contributed by atoms with E-state index in [4.69, 9.17) is 5.10 Å². The van der Waals surface area contributed by atoms with Gasteiger partial charge in [0.2, 0.25) is 0 Å². The molecule has 1 aromatic heterocycles. The van der Waals surface area contributed by atoms with Crippen molar-refractivity contribution >= 4 is 5.91 Å². The van der Waals surface area contributed by atoms with Crippen molar-refractivity contribution in [3.8, 4) is 5.69 Å². The molecule has 0 radical (unpaired) electrons. The normalized spacial score (nSPS) is 15.5. The lowest BCUT2D eigenvalue weighted by atomic mass is 10.1. The lowest BCUT2D eigenvalue weighted by molar-refractivity contribution is -0.902. The number of likely N-dealkylation sites (N-methyl/N-ethyl adjacent to an activating group) is 1. The Morgan fingerprint density at radius 2 is 1.88 bits per heavy atom. The lowest BCUT2D eigenvalue weighted by Crippen LogP contribution is -3.14. The van der Waals surface area contributed by atoms with E-state index in [9.17, 15) is 4.79 Å². The number of benzene rings is 1. The zero-order chi connectivity index (χ0) is 18.7. The number of nitrogens with zero attached hydrogens (tertiary/aromatic N) is 3. The summed E-state index contributed by atoms with van der Waals surface area (Å²) in [5, 5.41) is 4.82. The molecule has 3 rings (SSSR count). The number of hydrogen-bond acceptors (Lipinski definition) is 2. The molecule has 0 aliphatic carbocycles. The van der Waals surface area contributed by atoms with Crippen LogP contribution < -0.4 is 4.90 Å². The van der Waals surface area contributed by atoms with Gasteiger partial charge in [-0.1, -0.05) is 26.0 Å². The molecule has 5 heteroatoms. The van der Waals surface area contributed by atoms with Gasteiger partial charge in [0.15, 0.2) is 0 Å². The van der Waals surface area contributed by atoms with Gasteiger partial charge >= 0.3 is 0 Å². The van der Waals surface area contributed by atoms with Crippen molar-refractivity contribution in [2.45, 2.75) is 40.5 Å². The summed E-state index contributed by atoms with van der Waals surface area (Å²) >= 11 is 0. The van der Waals surface area contributed by atoms with Crippen LogP contribution >= 0.6 is 0 Å². The molecule has 0 saturated carbocycles. The number of quaternary nitrogens is 1. The molecule has 5 nitrogen and oxygen atoms in total. The first-order chi connectivity index (χ1) is 12.6. The van der Waals surface area contributed by atoms with Gasteiger partial charge in [-0.05, 0) is 44.4 Å². The fourth-order valence-corrected chi connectivity index (χ4v) is 3.84. The molecule has 0 bridgehead atoms. The minimum absolute atomic E-state index is 0.160. The van der Waals surface area contributed by atoms with E-state index in [-0.39, 0.29) is 5.91 Å². The van der Waals surface area contributed by atoms with Crippen LogP contribution in [0.3, 0.4) is 0 Å². The second-order valence-electron chi connectivity index (χ2n) is 7.12. The van der Waals surface area contributed by atoms with Crippen molar-refractivity contribution in [2.75, 3.05) is 32.7 Å². The van der Waals surface area contributed by atoms with E-state index in [1.807, 2.05) is 15.6 Å². The maximum Gasteiger partial charge on any atom is 0.258 e. The zero-order valence-electron chi connectivity index (χ0n) is 16.5. The fraction of sp³-hybridized carbons (Fsp3) is 0.524. The number of carbonyl (C=O) groups is 1. The van der Waals surface area contributed by atoms with E-state index in [2.05, 4.69) is 45.9 Å². The van der Waals surface area contributed by atoms with Crippen LogP contribution in [-0.4, -0.2) is 53.3 Å². The van der Waals surface area contributed by atoms with Crippen LogP contribution in [-0.2, 0) is 12.8 Å². The van der Waals surface area contributed by atoms with Crippen molar-refractivity contribution in [3.63, 3.8) is 0 Å². The zero-order valence-corrected chi connectivity index (χ0v) is 16.5. The van der Waals surface area contributed by atoms with Crippen LogP contribution in [0.2, 0.25) is 0 Å². The van der Waals surface area contributed by atoms with Crippen molar-refractivity contribution < 1.29 is 9.69 Å². The van der Waals surface area contributed by atoms with E-state index in [1.54, 1.807) is 4.90 Å². The van der Waals surface area contributed by atoms with Crippen LogP contribution in [0.5, 0.6) is 0 Å². The maximum absolute atomic E-state index is 13.3. The average molecular weight is 356 g/mol. The quantitative estimate of drug-likeness (QED) is 0.886. The molecule has 1 saturated heterocycles. The van der Waals surface area contributed by atoms with Crippen molar-refractivity contribution in [1.82, 2.24) is 14.7 Å². The smallest absolute Gasteiger partial charge is 0.258 e. The summed E-state index contributed by atoms with van der Waals surface area (Å²) < 4.78 is 1.98. The van der Waals surface area contributed by atoms with E-state index in [0.717, 1.165) is 68.2 Å². The highest BCUT2D eigenvalue weighted by atomic mass is 16.2. The first-order valence-corrected chi connectivity index (χ1v) is 9.89. The number of piperazine rings is 1. The van der Waals surface area contributed by atoms with E-state index >= 15 is 0 Å². The van der Waals surface area contributed by atoms with Crippen LogP contribution in [0, 0.1) is 6.92 Å². The summed E-state index contributed by atoms with van der Waals surface area (Å²) in [4.78, 5) is 16.9. The molecular formula is C21H31N4O+. The summed E-state index contributed by atoms with van der Waals surface area (Å²) in [6.45, 7) is 13.4. The third-order valence-electron chi connectivity index (χ3n) is 5.44. The molecule has 1 N–H and O–H groups in total. The molecule has 0 spiro atoms. The molecule has 140 valence electrons. The van der Waals surface area contributed by atoms with Gasteiger partial charge in [-0.15, -0.1) is 0 Å². The van der Waals surface area contributed by atoms with Crippen LogP contribution in [0.15, 0.2) is 24.3 Å². The molecule has 1 aliphatic rings. The first-order valence-electron chi connectivity index (χ1n) is 9.89. The topological polar surface area (TPSA) is 42.6 Å². The molecule has 1 amide bonds. The van der Waals surface area contributed by atoms with Gasteiger partial charge in [0.05, 0.1) is 55.4 Å². The maximum atomic E-state index is 13.3. The van der Waals surface area contributed by atoms with Crippen LogP contribution in [0.25, 0.3) is 5.69 Å². The Bertz CT molecular complexity index is 772. The summed E-state index contributed by atoms with van der Waals surface area (Å²) in [6, 6.07) is 8.33. The molecule has 2 aromatic rings. The number of aryl methyl sites for hydroxylation is 2. The third-order valence-corrected chi connectivity index (χ3v) is 5.44. The van der Waals surface area contributed by atoms with Gasteiger partial charge in [-0.25, -0.2) is 4.68 Å². The fourth-order valence-electron chi connectivity index (χ4n) is 3.84. The van der Waals surface area contributed by atoms with Crippen LogP contribution in [0.4, 0.5) is 0 Å². The van der Waals surface area contributed by atoms with Gasteiger partial charge < -0.3 is 9.80 Å². The summed E-state index contributed by atoms with van der Waals surface area (Å²) in [5.74, 6) is 0.160. The Labute approximate surface area is 156 Å². The number of aromatic nitrogens is 2.